The average Bonchev–Trinajstić information content (AvgIpc) is 2.81. The van der Waals surface area contributed by atoms with E-state index in [0.717, 1.165) is 12.8 Å². The maximum Gasteiger partial charge on any atom is 0.270 e. The normalized spacial score (nSPS) is 30.3. The third kappa shape index (κ3) is 2.09. The predicted molar refractivity (Wildman–Crippen MR) is 66.0 cm³/mol. The quantitative estimate of drug-likeness (QED) is 0.635. The van der Waals surface area contributed by atoms with Crippen molar-refractivity contribution in [1.29, 1.82) is 0 Å². The van der Waals surface area contributed by atoms with E-state index < -0.39 is 0 Å². The fourth-order valence-corrected chi connectivity index (χ4v) is 3.00. The summed E-state index contributed by atoms with van der Waals surface area (Å²) in [6, 6.07) is -0.0610. The van der Waals surface area contributed by atoms with Crippen LogP contribution in [-0.4, -0.2) is 47.5 Å². The fraction of sp³-hybridized carbons (Fsp3) is 0.667. The van der Waals surface area contributed by atoms with Gasteiger partial charge in [-0.05, 0) is 12.8 Å². The third-order valence-electron chi connectivity index (χ3n) is 4.01. The summed E-state index contributed by atoms with van der Waals surface area (Å²) in [4.78, 5) is 36.8. The first-order valence-corrected chi connectivity index (χ1v) is 6.61. The Labute approximate surface area is 110 Å². The van der Waals surface area contributed by atoms with E-state index in [-0.39, 0.29) is 29.7 Å². The molecule has 2 atom stereocenters. The molecule has 0 aliphatic carbocycles. The molecule has 2 unspecified atom stereocenters. The van der Waals surface area contributed by atoms with Gasteiger partial charge in [-0.25, -0.2) is 5.43 Å². The summed E-state index contributed by atoms with van der Waals surface area (Å²) in [5.41, 5.74) is 2.73. The Hall–Kier alpha value is -1.92. The zero-order valence-corrected chi connectivity index (χ0v) is 10.5. The number of hydrogen-bond donors (Lipinski definition) is 2. The number of hydrogen-bond acceptors (Lipinski definition) is 4. The van der Waals surface area contributed by atoms with Crippen molar-refractivity contribution in [2.24, 2.45) is 11.0 Å². The highest BCUT2D eigenvalue weighted by Crippen LogP contribution is 2.27. The Morgan fingerprint density at radius 3 is 2.89 bits per heavy atom. The number of hydrazone groups is 1. The van der Waals surface area contributed by atoms with Crippen LogP contribution in [-0.2, 0) is 14.4 Å². The standard InChI is InChI=1S/C12H16N4O3/c17-10-4-3-8(14-15-10)12(19)16-5-1-2-7-9(16)6-13-11(7)18/h7,9H,1-6H2,(H,13,18)(H,15,17). The molecule has 0 aromatic heterocycles. The Morgan fingerprint density at radius 1 is 1.32 bits per heavy atom. The molecule has 3 aliphatic rings. The molecule has 2 N–H and O–H groups in total. The monoisotopic (exact) mass is 264 g/mol. The lowest BCUT2D eigenvalue weighted by Gasteiger charge is -2.36. The second kappa shape index (κ2) is 4.64. The largest absolute Gasteiger partial charge is 0.354 e. The van der Waals surface area contributed by atoms with Crippen LogP contribution in [0, 0.1) is 5.92 Å². The lowest BCUT2D eigenvalue weighted by Crippen LogP contribution is -2.51. The summed E-state index contributed by atoms with van der Waals surface area (Å²) in [6.07, 6.45) is 2.34. The van der Waals surface area contributed by atoms with Crippen LogP contribution >= 0.6 is 0 Å². The summed E-state index contributed by atoms with van der Waals surface area (Å²) in [6.45, 7) is 1.18. The molecule has 19 heavy (non-hydrogen) atoms. The van der Waals surface area contributed by atoms with E-state index in [0.29, 0.717) is 31.6 Å². The first-order valence-electron chi connectivity index (χ1n) is 6.61. The van der Waals surface area contributed by atoms with Gasteiger partial charge in [-0.3, -0.25) is 14.4 Å². The van der Waals surface area contributed by atoms with Crippen LogP contribution in [0.5, 0.6) is 0 Å². The summed E-state index contributed by atoms with van der Waals surface area (Å²) in [7, 11) is 0. The molecule has 7 heteroatoms. The number of amides is 3. The molecule has 3 aliphatic heterocycles. The van der Waals surface area contributed by atoms with Crippen molar-refractivity contribution in [3.8, 4) is 0 Å². The zero-order chi connectivity index (χ0) is 13.4. The smallest absolute Gasteiger partial charge is 0.270 e. The summed E-state index contributed by atoms with van der Waals surface area (Å²) >= 11 is 0. The molecule has 0 radical (unpaired) electrons. The molecule has 0 spiro atoms. The van der Waals surface area contributed by atoms with E-state index in [1.807, 2.05) is 0 Å². The molecule has 0 aromatic rings. The molecular formula is C12H16N4O3. The van der Waals surface area contributed by atoms with Gasteiger partial charge < -0.3 is 10.2 Å². The number of nitrogens with zero attached hydrogens (tertiary/aromatic N) is 2. The number of carbonyl (C=O) groups excluding carboxylic acids is 3. The van der Waals surface area contributed by atoms with E-state index in [9.17, 15) is 14.4 Å². The molecule has 2 saturated heterocycles. The Kier molecular flexibility index (Phi) is 2.96. The zero-order valence-electron chi connectivity index (χ0n) is 10.5. The van der Waals surface area contributed by atoms with Crippen molar-refractivity contribution >= 4 is 23.4 Å². The van der Waals surface area contributed by atoms with Gasteiger partial charge in [0.25, 0.3) is 5.91 Å². The number of likely N-dealkylation sites (tertiary alicyclic amines) is 1. The van der Waals surface area contributed by atoms with Gasteiger partial charge in [-0.1, -0.05) is 0 Å². The number of nitrogens with one attached hydrogen (secondary N) is 2. The van der Waals surface area contributed by atoms with Crippen LogP contribution in [0.3, 0.4) is 0 Å². The molecule has 7 nitrogen and oxygen atoms in total. The Balaban J connectivity index is 1.76. The molecule has 3 rings (SSSR count). The Morgan fingerprint density at radius 2 is 2.16 bits per heavy atom. The van der Waals surface area contributed by atoms with Crippen LogP contribution in [0.4, 0.5) is 0 Å². The number of rotatable bonds is 1. The van der Waals surface area contributed by atoms with Gasteiger partial charge in [0.15, 0.2) is 0 Å². The number of fused-ring (bicyclic) bond motifs is 1. The minimum absolute atomic E-state index is 0.0429. The van der Waals surface area contributed by atoms with E-state index in [1.54, 1.807) is 4.90 Å². The molecule has 2 fully saturated rings. The van der Waals surface area contributed by atoms with Gasteiger partial charge in [0.2, 0.25) is 11.8 Å². The highest BCUT2D eigenvalue weighted by molar-refractivity contribution is 6.39. The Bertz CT molecular complexity index is 474. The lowest BCUT2D eigenvalue weighted by molar-refractivity contribution is -0.130. The minimum atomic E-state index is -0.161. The van der Waals surface area contributed by atoms with Crippen molar-refractivity contribution < 1.29 is 14.4 Å². The van der Waals surface area contributed by atoms with Gasteiger partial charge >= 0.3 is 0 Å². The van der Waals surface area contributed by atoms with Crippen LogP contribution < -0.4 is 10.7 Å². The van der Waals surface area contributed by atoms with Crippen LogP contribution in [0.15, 0.2) is 5.10 Å². The van der Waals surface area contributed by atoms with Crippen LogP contribution in [0.2, 0.25) is 0 Å². The summed E-state index contributed by atoms with van der Waals surface area (Å²) in [5, 5.41) is 6.65. The topological polar surface area (TPSA) is 90.9 Å². The molecule has 0 saturated carbocycles. The van der Waals surface area contributed by atoms with Crippen molar-refractivity contribution in [3.05, 3.63) is 0 Å². The van der Waals surface area contributed by atoms with E-state index in [4.69, 9.17) is 0 Å². The maximum atomic E-state index is 12.4. The van der Waals surface area contributed by atoms with Gasteiger partial charge in [0.1, 0.15) is 5.71 Å². The van der Waals surface area contributed by atoms with Crippen molar-refractivity contribution in [2.45, 2.75) is 31.7 Å². The van der Waals surface area contributed by atoms with Crippen LogP contribution in [0.1, 0.15) is 25.7 Å². The van der Waals surface area contributed by atoms with Gasteiger partial charge in [-0.2, -0.15) is 5.10 Å². The van der Waals surface area contributed by atoms with Gasteiger partial charge in [0.05, 0.1) is 12.0 Å². The molecule has 0 aromatic carbocycles. The van der Waals surface area contributed by atoms with E-state index in [1.165, 1.54) is 0 Å². The predicted octanol–water partition coefficient (Wildman–Crippen LogP) is -1.01. The highest BCUT2D eigenvalue weighted by atomic mass is 16.2. The van der Waals surface area contributed by atoms with Crippen LogP contribution in [0.25, 0.3) is 0 Å². The van der Waals surface area contributed by atoms with Crippen molar-refractivity contribution in [3.63, 3.8) is 0 Å². The fourth-order valence-electron chi connectivity index (χ4n) is 3.00. The average molecular weight is 264 g/mol. The summed E-state index contributed by atoms with van der Waals surface area (Å²) in [5.74, 6) is -0.352. The SMILES string of the molecule is O=C1CCC(C(=O)N2CCCC3C(=O)NCC32)=NN1. The lowest BCUT2D eigenvalue weighted by atomic mass is 9.91. The summed E-state index contributed by atoms with van der Waals surface area (Å²) < 4.78 is 0. The van der Waals surface area contributed by atoms with Gasteiger partial charge in [0, 0.05) is 25.9 Å². The molecule has 102 valence electrons. The van der Waals surface area contributed by atoms with E-state index >= 15 is 0 Å². The van der Waals surface area contributed by atoms with Crippen molar-refractivity contribution in [2.75, 3.05) is 13.1 Å². The second-order valence-electron chi connectivity index (χ2n) is 5.15. The molecular weight excluding hydrogens is 248 g/mol. The maximum absolute atomic E-state index is 12.4. The van der Waals surface area contributed by atoms with E-state index in [2.05, 4.69) is 15.8 Å². The third-order valence-corrected chi connectivity index (χ3v) is 4.01. The first-order chi connectivity index (χ1) is 9.16. The van der Waals surface area contributed by atoms with Crippen molar-refractivity contribution in [1.82, 2.24) is 15.6 Å². The molecule has 3 amide bonds. The second-order valence-corrected chi connectivity index (χ2v) is 5.15. The van der Waals surface area contributed by atoms with Gasteiger partial charge in [-0.15, -0.1) is 0 Å². The number of piperidine rings is 1. The first kappa shape index (κ1) is 12.1. The molecule has 3 heterocycles. The number of carbonyl (C=O) groups is 3. The molecule has 0 bridgehead atoms. The minimum Gasteiger partial charge on any atom is -0.354 e. The highest BCUT2D eigenvalue weighted by Gasteiger charge is 2.43.